The monoisotopic (exact) mass is 585 g/mol. The Morgan fingerprint density at radius 3 is 2.16 bits per heavy atom. The Balaban J connectivity index is 1.91. The highest BCUT2D eigenvalue weighted by Gasteiger charge is 2.38. The molecule has 0 radical (unpaired) electrons. The summed E-state index contributed by atoms with van der Waals surface area (Å²) >= 11 is 0. The van der Waals surface area contributed by atoms with Crippen molar-refractivity contribution in [3.8, 4) is 5.95 Å². The molecule has 1 unspecified atom stereocenters. The zero-order valence-electron chi connectivity index (χ0n) is 26.7. The highest BCUT2D eigenvalue weighted by atomic mass is 16.6. The Kier molecular flexibility index (Phi) is 11.4. The number of carbonyl (C=O) groups excluding carboxylic acids is 2. The average Bonchev–Trinajstić information content (AvgIpc) is 3.36. The molecule has 2 aromatic carbocycles. The van der Waals surface area contributed by atoms with Crippen LogP contribution in [0.5, 0.6) is 5.95 Å². The second-order valence-electron chi connectivity index (χ2n) is 11.8. The van der Waals surface area contributed by atoms with Gasteiger partial charge in [0.1, 0.15) is 11.1 Å². The van der Waals surface area contributed by atoms with E-state index in [1.165, 1.54) is 0 Å². The predicted octanol–water partition coefficient (Wildman–Crippen LogP) is 7.45. The lowest BCUT2D eigenvalue weighted by Gasteiger charge is -2.44. The largest absolute Gasteiger partial charge is 0.424 e. The van der Waals surface area contributed by atoms with Crippen LogP contribution in [0.25, 0.3) is 11.6 Å². The lowest BCUT2D eigenvalue weighted by Crippen LogP contribution is -2.59. The molecular weight excluding hydrogens is 536 g/mol. The molecule has 0 aliphatic heterocycles. The first-order chi connectivity index (χ1) is 20.9. The van der Waals surface area contributed by atoms with Crippen molar-refractivity contribution in [2.24, 2.45) is 0 Å². The second kappa shape index (κ2) is 15.2. The summed E-state index contributed by atoms with van der Waals surface area (Å²) in [6.45, 7) is 14.1. The lowest BCUT2D eigenvalue weighted by molar-refractivity contribution is -0.968. The third kappa shape index (κ3) is 7.48. The molecule has 1 aliphatic carbocycles. The summed E-state index contributed by atoms with van der Waals surface area (Å²) in [6.07, 6.45) is 9.34. The molecule has 43 heavy (non-hydrogen) atoms. The van der Waals surface area contributed by atoms with Crippen LogP contribution >= 0.6 is 0 Å². The molecule has 3 aromatic rings. The fraction of sp³-hybridized carbons (Fsp3) is 0.459. The Morgan fingerprint density at radius 2 is 1.58 bits per heavy atom. The van der Waals surface area contributed by atoms with Crippen LogP contribution in [0.1, 0.15) is 95.0 Å². The van der Waals surface area contributed by atoms with E-state index in [-0.39, 0.29) is 29.8 Å². The van der Waals surface area contributed by atoms with Gasteiger partial charge in [-0.15, -0.1) is 0 Å². The topological polar surface area (TPSA) is 68.5 Å². The van der Waals surface area contributed by atoms with Crippen LogP contribution in [-0.2, 0) is 4.79 Å². The van der Waals surface area contributed by atoms with Crippen molar-refractivity contribution < 1.29 is 23.2 Å². The van der Waals surface area contributed by atoms with E-state index < -0.39 is 0 Å². The van der Waals surface area contributed by atoms with E-state index in [4.69, 9.17) is 9.15 Å². The van der Waals surface area contributed by atoms with Gasteiger partial charge in [0.15, 0.2) is 11.6 Å². The molecule has 230 valence electrons. The molecule has 1 aromatic heterocycles. The van der Waals surface area contributed by atoms with Gasteiger partial charge < -0.3 is 14.5 Å². The van der Waals surface area contributed by atoms with Gasteiger partial charge in [0, 0.05) is 24.1 Å². The summed E-state index contributed by atoms with van der Waals surface area (Å²) in [5.41, 5.74) is 3.61. The van der Waals surface area contributed by atoms with Gasteiger partial charge in [-0.05, 0) is 50.0 Å². The van der Waals surface area contributed by atoms with Gasteiger partial charge in [0.05, 0.1) is 30.4 Å². The molecular formula is C37H49N2O4+. The highest BCUT2D eigenvalue weighted by Crippen LogP contribution is 2.31. The Hall–Kier alpha value is -3.64. The Bertz CT molecular complexity index is 1480. The molecule has 1 atom stereocenters. The molecule has 0 bridgehead atoms. The zero-order valence-corrected chi connectivity index (χ0v) is 26.7. The Morgan fingerprint density at radius 1 is 0.930 bits per heavy atom. The minimum Gasteiger partial charge on any atom is -0.424 e. The molecule has 0 fully saturated rings. The maximum atomic E-state index is 13.8. The molecule has 0 saturated carbocycles. The number of benzene rings is 2. The number of aryl methyl sites for hydroxylation is 1. The predicted molar refractivity (Wildman–Crippen MR) is 175 cm³/mol. The van der Waals surface area contributed by atoms with Crippen LogP contribution in [0.3, 0.4) is 0 Å². The maximum Gasteiger partial charge on any atom is 0.314 e. The fourth-order valence-electron chi connectivity index (χ4n) is 6.18. The van der Waals surface area contributed by atoms with Crippen LogP contribution in [0, 0.1) is 6.92 Å². The molecule has 1 aliphatic rings. The van der Waals surface area contributed by atoms with Crippen LogP contribution < -0.4 is 20.7 Å². The third-order valence-corrected chi connectivity index (χ3v) is 8.53. The summed E-state index contributed by atoms with van der Waals surface area (Å²) in [4.78, 5) is 27.3. The first-order valence-corrected chi connectivity index (χ1v) is 16.2. The number of furan rings is 1. The molecule has 1 heterocycles. The van der Waals surface area contributed by atoms with E-state index in [9.17, 15) is 9.59 Å². The SMILES string of the molecule is CCCC[N+](CCCC)(CCCC)C(CC)Oc1oc2c(c1Nc1cccc(C)c1)=C(C(=O)c1ccccc1)C(=O)CC=2. The van der Waals surface area contributed by atoms with Gasteiger partial charge in [-0.3, -0.25) is 14.1 Å². The first kappa shape index (κ1) is 32.3. The number of ketones is 2. The van der Waals surface area contributed by atoms with E-state index in [1.54, 1.807) is 18.2 Å². The zero-order chi connectivity index (χ0) is 30.8. The van der Waals surface area contributed by atoms with Gasteiger partial charge in [-0.1, -0.05) is 89.4 Å². The van der Waals surface area contributed by atoms with E-state index in [0.717, 1.165) is 80.3 Å². The third-order valence-electron chi connectivity index (χ3n) is 8.53. The second-order valence-corrected chi connectivity index (χ2v) is 11.8. The first-order valence-electron chi connectivity index (χ1n) is 16.2. The fourth-order valence-corrected chi connectivity index (χ4v) is 6.18. The number of fused-ring (bicyclic) bond motifs is 1. The maximum absolute atomic E-state index is 13.8. The number of nitrogens with one attached hydrogen (secondary N) is 1. The summed E-state index contributed by atoms with van der Waals surface area (Å²) in [5.74, 6) is -0.174. The molecule has 0 spiro atoms. The quantitative estimate of drug-likeness (QED) is 0.101. The van der Waals surface area contributed by atoms with Crippen molar-refractivity contribution in [3.05, 3.63) is 76.4 Å². The number of rotatable bonds is 17. The summed E-state index contributed by atoms with van der Waals surface area (Å²) in [5, 5.41) is 4.01. The van der Waals surface area contributed by atoms with Gasteiger partial charge in [0.25, 0.3) is 0 Å². The number of hydrogen-bond donors (Lipinski definition) is 1. The number of nitrogens with zero attached hydrogens (tertiary/aromatic N) is 1. The van der Waals surface area contributed by atoms with Crippen molar-refractivity contribution in [2.45, 2.75) is 92.2 Å². The number of carbonyl (C=O) groups is 2. The van der Waals surface area contributed by atoms with E-state index >= 15 is 0 Å². The smallest absolute Gasteiger partial charge is 0.314 e. The minimum atomic E-state index is -0.300. The molecule has 1 N–H and O–H groups in total. The average molecular weight is 586 g/mol. The lowest BCUT2D eigenvalue weighted by atomic mass is 9.93. The van der Waals surface area contributed by atoms with Crippen LogP contribution in [0.2, 0.25) is 0 Å². The van der Waals surface area contributed by atoms with Crippen molar-refractivity contribution in [1.82, 2.24) is 0 Å². The summed E-state index contributed by atoms with van der Waals surface area (Å²) in [7, 11) is 0. The number of anilines is 2. The standard InChI is InChI=1S/C37H49N2O4/c1-6-10-23-39(24-11-7-2,25-12-8-3)32(9-4)43-37-35(38-29-20-16-17-27(5)26-29)34-31(42-37)22-21-30(40)33(34)36(41)28-18-14-13-15-19-28/h13-20,22,26,32,38H,6-12,21,23-25H2,1-5H3/q+1. The molecule has 4 rings (SSSR count). The van der Waals surface area contributed by atoms with Gasteiger partial charge in [0.2, 0.25) is 6.23 Å². The van der Waals surface area contributed by atoms with Crippen molar-refractivity contribution >= 4 is 34.6 Å². The normalized spacial score (nSPS) is 13.8. The molecule has 6 nitrogen and oxygen atoms in total. The minimum absolute atomic E-state index is 0.110. The summed E-state index contributed by atoms with van der Waals surface area (Å²) in [6, 6.07) is 17.0. The van der Waals surface area contributed by atoms with Crippen LogP contribution in [-0.4, -0.2) is 41.9 Å². The number of Topliss-reactive ketones (excluding diaryl/α,β-unsaturated/α-hetero) is 2. The molecule has 0 saturated heterocycles. The van der Waals surface area contributed by atoms with E-state index in [2.05, 4.69) is 33.0 Å². The number of quaternary nitrogens is 1. The van der Waals surface area contributed by atoms with Crippen LogP contribution in [0.4, 0.5) is 11.4 Å². The van der Waals surface area contributed by atoms with Crippen molar-refractivity contribution in [3.63, 3.8) is 0 Å². The Labute approximate surface area is 257 Å². The van der Waals surface area contributed by atoms with Crippen molar-refractivity contribution in [2.75, 3.05) is 25.0 Å². The molecule has 0 amide bonds. The highest BCUT2D eigenvalue weighted by molar-refractivity contribution is 6.46. The number of ether oxygens (including phenoxy) is 1. The molecule has 6 heteroatoms. The number of hydrogen-bond acceptors (Lipinski definition) is 5. The van der Waals surface area contributed by atoms with Gasteiger partial charge in [-0.2, -0.15) is 0 Å². The van der Waals surface area contributed by atoms with Gasteiger partial charge in [-0.25, -0.2) is 0 Å². The number of unbranched alkanes of at least 4 members (excludes halogenated alkanes) is 3. The van der Waals surface area contributed by atoms with Crippen molar-refractivity contribution in [1.29, 1.82) is 0 Å². The van der Waals surface area contributed by atoms with Gasteiger partial charge >= 0.3 is 5.95 Å². The van der Waals surface area contributed by atoms with E-state index in [1.807, 2.05) is 49.4 Å². The van der Waals surface area contributed by atoms with Crippen LogP contribution in [0.15, 0.2) is 59.0 Å². The summed E-state index contributed by atoms with van der Waals surface area (Å²) < 4.78 is 14.3. The van der Waals surface area contributed by atoms with E-state index in [0.29, 0.717) is 27.8 Å².